The van der Waals surface area contributed by atoms with Gasteiger partial charge in [0.1, 0.15) is 11.3 Å². The summed E-state index contributed by atoms with van der Waals surface area (Å²) in [5.74, 6) is -0.264. The van der Waals surface area contributed by atoms with Crippen LogP contribution in [-0.4, -0.2) is 21.1 Å². The largest absolute Gasteiger partial charge is 0.361 e. The lowest BCUT2D eigenvalue weighted by molar-refractivity contribution is 0.637. The molecule has 1 N–H and O–H groups in total. The first kappa shape index (κ1) is 12.1. The van der Waals surface area contributed by atoms with Crippen molar-refractivity contribution < 1.29 is 4.39 Å². The number of benzene rings is 1. The van der Waals surface area contributed by atoms with Crippen molar-refractivity contribution in [2.24, 2.45) is 0 Å². The van der Waals surface area contributed by atoms with Crippen LogP contribution >= 0.6 is 11.3 Å². The zero-order valence-corrected chi connectivity index (χ0v) is 11.0. The molecule has 0 aliphatic carbocycles. The maximum atomic E-state index is 13.5. The summed E-state index contributed by atoms with van der Waals surface area (Å²) in [6.45, 7) is 1.71. The summed E-state index contributed by atoms with van der Waals surface area (Å²) in [5, 5.41) is 4.00. The van der Waals surface area contributed by atoms with Crippen molar-refractivity contribution in [1.29, 1.82) is 0 Å². The first-order valence-corrected chi connectivity index (χ1v) is 6.89. The lowest BCUT2D eigenvalue weighted by Crippen LogP contribution is -2.05. The average Bonchev–Trinajstić information content (AvgIpc) is 3.04. The highest BCUT2D eigenvalue weighted by Crippen LogP contribution is 2.27. The van der Waals surface area contributed by atoms with E-state index in [0.29, 0.717) is 5.52 Å². The number of aryl methyl sites for hydroxylation is 1. The number of para-hydroxylation sites is 1. The molecule has 19 heavy (non-hydrogen) atoms. The molecule has 0 saturated carbocycles. The van der Waals surface area contributed by atoms with E-state index in [-0.39, 0.29) is 5.82 Å². The van der Waals surface area contributed by atoms with Crippen LogP contribution < -0.4 is 5.32 Å². The fourth-order valence-corrected chi connectivity index (χ4v) is 2.77. The minimum atomic E-state index is -0.264. The summed E-state index contributed by atoms with van der Waals surface area (Å²) >= 11 is 1.48. The second-order valence-corrected chi connectivity index (χ2v) is 5.22. The van der Waals surface area contributed by atoms with E-state index < -0.39 is 0 Å². The average molecular weight is 276 g/mol. The predicted octanol–water partition coefficient (Wildman–Crippen LogP) is 3.13. The number of hydrogen-bond acceptors (Lipinski definition) is 4. The third-order valence-electron chi connectivity index (χ3n) is 2.80. The fraction of sp³-hybridized carbons (Fsp3) is 0.231. The molecule has 0 amide bonds. The number of rotatable bonds is 5. The number of fused-ring (bicyclic) bond motifs is 1. The maximum Gasteiger partial charge on any atom is 0.183 e. The summed E-state index contributed by atoms with van der Waals surface area (Å²) in [6, 6.07) is 5.02. The zero-order valence-electron chi connectivity index (χ0n) is 10.2. The van der Waals surface area contributed by atoms with Gasteiger partial charge in [-0.15, -0.1) is 0 Å². The van der Waals surface area contributed by atoms with Crippen LogP contribution in [0.2, 0.25) is 0 Å². The van der Waals surface area contributed by atoms with Crippen molar-refractivity contribution in [3.05, 3.63) is 42.7 Å². The Hall–Kier alpha value is -1.95. The van der Waals surface area contributed by atoms with Crippen molar-refractivity contribution in [3.8, 4) is 0 Å². The molecule has 0 saturated heterocycles. The molecule has 3 aromatic rings. The number of hydrogen-bond donors (Lipinski definition) is 1. The van der Waals surface area contributed by atoms with Crippen LogP contribution in [0.3, 0.4) is 0 Å². The monoisotopic (exact) mass is 276 g/mol. The molecule has 0 aliphatic rings. The lowest BCUT2D eigenvalue weighted by Gasteiger charge is -2.03. The lowest BCUT2D eigenvalue weighted by atomic mass is 10.3. The molecule has 0 bridgehead atoms. The topological polar surface area (TPSA) is 42.7 Å². The number of nitrogens with zero attached hydrogens (tertiary/aromatic N) is 3. The van der Waals surface area contributed by atoms with Crippen LogP contribution in [0.25, 0.3) is 10.2 Å². The Labute approximate surface area is 113 Å². The van der Waals surface area contributed by atoms with E-state index >= 15 is 0 Å². The van der Waals surface area contributed by atoms with Crippen molar-refractivity contribution in [2.45, 2.75) is 13.0 Å². The van der Waals surface area contributed by atoms with Gasteiger partial charge in [0.2, 0.25) is 0 Å². The van der Waals surface area contributed by atoms with Crippen LogP contribution in [0, 0.1) is 5.82 Å². The van der Waals surface area contributed by atoms with E-state index in [1.165, 1.54) is 17.4 Å². The summed E-state index contributed by atoms with van der Waals surface area (Å²) < 4.78 is 16.4. The quantitative estimate of drug-likeness (QED) is 0.728. The van der Waals surface area contributed by atoms with Crippen molar-refractivity contribution in [3.63, 3.8) is 0 Å². The van der Waals surface area contributed by atoms with Gasteiger partial charge in [-0.2, -0.15) is 0 Å². The molecule has 0 spiro atoms. The number of aromatic nitrogens is 3. The molecule has 0 fully saturated rings. The van der Waals surface area contributed by atoms with Gasteiger partial charge in [0.25, 0.3) is 0 Å². The number of imidazole rings is 1. The van der Waals surface area contributed by atoms with Crippen molar-refractivity contribution >= 4 is 26.7 Å². The molecule has 2 heterocycles. The van der Waals surface area contributed by atoms with E-state index in [2.05, 4.69) is 15.3 Å². The number of thiazole rings is 1. The Bertz CT molecular complexity index is 662. The molecule has 6 heteroatoms. The van der Waals surface area contributed by atoms with E-state index in [0.717, 1.165) is 29.3 Å². The Kier molecular flexibility index (Phi) is 3.41. The fourth-order valence-electron chi connectivity index (χ4n) is 1.87. The summed E-state index contributed by atoms with van der Waals surface area (Å²) in [7, 11) is 0. The zero-order chi connectivity index (χ0) is 13.1. The highest BCUT2D eigenvalue weighted by Gasteiger charge is 2.06. The van der Waals surface area contributed by atoms with Gasteiger partial charge in [-0.3, -0.25) is 0 Å². The SMILES string of the molecule is Fc1cccc2sc(NCCCn3ccnc3)nc12. The Balaban J connectivity index is 1.58. The highest BCUT2D eigenvalue weighted by molar-refractivity contribution is 7.22. The van der Waals surface area contributed by atoms with E-state index in [1.807, 2.05) is 16.8 Å². The second-order valence-electron chi connectivity index (χ2n) is 4.19. The van der Waals surface area contributed by atoms with Crippen molar-refractivity contribution in [1.82, 2.24) is 14.5 Å². The van der Waals surface area contributed by atoms with Gasteiger partial charge in [0, 0.05) is 25.5 Å². The maximum absolute atomic E-state index is 13.5. The standard InChI is InChI=1S/C13H13FN4S/c14-10-3-1-4-11-12(10)17-13(19-11)16-5-2-7-18-8-6-15-9-18/h1,3-4,6,8-9H,2,5,7H2,(H,16,17). The Morgan fingerprint density at radius 3 is 3.11 bits per heavy atom. The number of nitrogens with one attached hydrogen (secondary N) is 1. The van der Waals surface area contributed by atoms with Crippen LogP contribution in [0.4, 0.5) is 9.52 Å². The van der Waals surface area contributed by atoms with Gasteiger partial charge in [0.15, 0.2) is 5.13 Å². The first-order valence-electron chi connectivity index (χ1n) is 6.07. The molecule has 3 rings (SSSR count). The molecular weight excluding hydrogens is 263 g/mol. The van der Waals surface area contributed by atoms with E-state index in [9.17, 15) is 4.39 Å². The van der Waals surface area contributed by atoms with Crippen LogP contribution in [0.15, 0.2) is 36.9 Å². The van der Waals surface area contributed by atoms with Crippen molar-refractivity contribution in [2.75, 3.05) is 11.9 Å². The molecule has 1 aromatic carbocycles. The normalized spacial score (nSPS) is 11.0. The summed E-state index contributed by atoms with van der Waals surface area (Å²) in [6.07, 6.45) is 6.47. The van der Waals surface area contributed by atoms with Gasteiger partial charge < -0.3 is 9.88 Å². The smallest absolute Gasteiger partial charge is 0.183 e. The molecule has 0 unspecified atom stereocenters. The predicted molar refractivity (Wildman–Crippen MR) is 74.9 cm³/mol. The third-order valence-corrected chi connectivity index (χ3v) is 3.78. The molecule has 0 aliphatic heterocycles. The Morgan fingerprint density at radius 2 is 2.32 bits per heavy atom. The third kappa shape index (κ3) is 2.73. The van der Waals surface area contributed by atoms with Gasteiger partial charge in [-0.25, -0.2) is 14.4 Å². The molecule has 2 aromatic heterocycles. The summed E-state index contributed by atoms with van der Waals surface area (Å²) in [4.78, 5) is 8.25. The van der Waals surface area contributed by atoms with Crippen LogP contribution in [0.1, 0.15) is 6.42 Å². The van der Waals surface area contributed by atoms with Crippen LogP contribution in [-0.2, 0) is 6.54 Å². The first-order chi connectivity index (χ1) is 9.33. The molecule has 98 valence electrons. The summed E-state index contributed by atoms with van der Waals surface area (Å²) in [5.41, 5.74) is 0.449. The Morgan fingerprint density at radius 1 is 1.37 bits per heavy atom. The minimum Gasteiger partial charge on any atom is -0.361 e. The van der Waals surface area contributed by atoms with Gasteiger partial charge in [-0.05, 0) is 18.6 Å². The van der Waals surface area contributed by atoms with Gasteiger partial charge in [0.05, 0.1) is 11.0 Å². The minimum absolute atomic E-state index is 0.264. The second kappa shape index (κ2) is 5.36. The highest BCUT2D eigenvalue weighted by atomic mass is 32.1. The molecule has 0 radical (unpaired) electrons. The molecular formula is C13H13FN4S. The molecule has 4 nitrogen and oxygen atoms in total. The molecule has 0 atom stereocenters. The van der Waals surface area contributed by atoms with Crippen LogP contribution in [0.5, 0.6) is 0 Å². The number of halogens is 1. The van der Waals surface area contributed by atoms with E-state index in [4.69, 9.17) is 0 Å². The van der Waals surface area contributed by atoms with Gasteiger partial charge in [-0.1, -0.05) is 17.4 Å². The van der Waals surface area contributed by atoms with Gasteiger partial charge >= 0.3 is 0 Å². The number of anilines is 1. The van der Waals surface area contributed by atoms with E-state index in [1.54, 1.807) is 18.6 Å².